The van der Waals surface area contributed by atoms with Crippen LogP contribution in [0.15, 0.2) is 24.5 Å². The second kappa shape index (κ2) is 19.7. The van der Waals surface area contributed by atoms with Crippen molar-refractivity contribution < 1.29 is 19.4 Å². The molecule has 0 bridgehead atoms. The van der Waals surface area contributed by atoms with Crippen LogP contribution >= 0.6 is 0 Å². The Balaban J connectivity index is 3.23. The zero-order valence-corrected chi connectivity index (χ0v) is 16.6. The summed E-state index contributed by atoms with van der Waals surface area (Å²) in [6.07, 6.45) is 24.5. The lowest BCUT2D eigenvalue weighted by atomic mass is 10.0. The highest BCUT2D eigenvalue weighted by Gasteiger charge is 1.95. The summed E-state index contributed by atoms with van der Waals surface area (Å²) in [6, 6.07) is 0. The number of carbonyl (C=O) groups is 2. The van der Waals surface area contributed by atoms with Crippen molar-refractivity contribution in [2.75, 3.05) is 0 Å². The highest BCUT2D eigenvalue weighted by atomic mass is 16.5. The van der Waals surface area contributed by atoms with Crippen LogP contribution in [0.4, 0.5) is 0 Å². The Morgan fingerprint density at radius 1 is 0.731 bits per heavy atom. The molecule has 0 saturated carbocycles. The number of aliphatic carboxylic acids is 1. The molecule has 0 aromatic carbocycles. The number of hydrogen-bond acceptors (Lipinski definition) is 3. The highest BCUT2D eigenvalue weighted by molar-refractivity contribution is 5.90. The van der Waals surface area contributed by atoms with Crippen LogP contribution in [0.25, 0.3) is 0 Å². The summed E-state index contributed by atoms with van der Waals surface area (Å²) in [4.78, 5) is 21.3. The van der Waals surface area contributed by atoms with Crippen LogP contribution in [0, 0.1) is 0 Å². The minimum Gasteiger partial charge on any atom is -0.478 e. The van der Waals surface area contributed by atoms with Gasteiger partial charge >= 0.3 is 11.9 Å². The molecule has 0 aromatic heterocycles. The van der Waals surface area contributed by atoms with E-state index in [1.165, 1.54) is 89.7 Å². The standard InChI is InChI=1S/C22H38O4/c1-2-3-4-5-6-7-8-9-10-11-12-13-14-15-16-17-20-26-22(25)19-18-21(23)24/h17-20H,2-16H2,1H3,(H,23,24)/b19-18+,20-17?. The van der Waals surface area contributed by atoms with Gasteiger partial charge in [-0.3, -0.25) is 0 Å². The van der Waals surface area contributed by atoms with Gasteiger partial charge in [-0.15, -0.1) is 0 Å². The Bertz CT molecular complexity index is 399. The van der Waals surface area contributed by atoms with Crippen LogP contribution < -0.4 is 0 Å². The maximum absolute atomic E-state index is 11.1. The molecule has 0 amide bonds. The van der Waals surface area contributed by atoms with Crippen LogP contribution in [-0.4, -0.2) is 17.0 Å². The van der Waals surface area contributed by atoms with E-state index in [1.54, 1.807) is 0 Å². The van der Waals surface area contributed by atoms with E-state index in [-0.39, 0.29) is 0 Å². The van der Waals surface area contributed by atoms with Crippen molar-refractivity contribution >= 4 is 11.9 Å². The average Bonchev–Trinajstić information content (AvgIpc) is 2.62. The first-order chi connectivity index (χ1) is 12.7. The third-order valence-electron chi connectivity index (χ3n) is 4.37. The first-order valence-corrected chi connectivity index (χ1v) is 10.4. The van der Waals surface area contributed by atoms with Crippen molar-refractivity contribution in [1.82, 2.24) is 0 Å². The SMILES string of the molecule is CCCCCCCCCCCCCCCCC=COC(=O)/C=C/C(=O)O. The quantitative estimate of drug-likeness (QED) is 0.129. The summed E-state index contributed by atoms with van der Waals surface area (Å²) >= 11 is 0. The van der Waals surface area contributed by atoms with Gasteiger partial charge in [0.2, 0.25) is 0 Å². The molecule has 150 valence electrons. The predicted octanol–water partition coefficient (Wildman–Crippen LogP) is 6.56. The Morgan fingerprint density at radius 3 is 1.65 bits per heavy atom. The van der Waals surface area contributed by atoms with E-state index in [0.29, 0.717) is 0 Å². The van der Waals surface area contributed by atoms with Crippen LogP contribution in [0.5, 0.6) is 0 Å². The van der Waals surface area contributed by atoms with Crippen LogP contribution in [-0.2, 0) is 14.3 Å². The number of esters is 1. The van der Waals surface area contributed by atoms with Gasteiger partial charge in [0, 0.05) is 12.2 Å². The van der Waals surface area contributed by atoms with Crippen molar-refractivity contribution in [1.29, 1.82) is 0 Å². The van der Waals surface area contributed by atoms with E-state index in [0.717, 1.165) is 25.0 Å². The summed E-state index contributed by atoms with van der Waals surface area (Å²) in [7, 11) is 0. The van der Waals surface area contributed by atoms with E-state index >= 15 is 0 Å². The van der Waals surface area contributed by atoms with Gasteiger partial charge in [-0.05, 0) is 18.9 Å². The van der Waals surface area contributed by atoms with Crippen LogP contribution in [0.3, 0.4) is 0 Å². The number of unbranched alkanes of at least 4 members (excludes halogenated alkanes) is 14. The molecule has 0 aliphatic carbocycles. The molecule has 0 rings (SSSR count). The van der Waals surface area contributed by atoms with Gasteiger partial charge in [-0.1, -0.05) is 90.4 Å². The van der Waals surface area contributed by atoms with Crippen molar-refractivity contribution in [3.63, 3.8) is 0 Å². The van der Waals surface area contributed by atoms with E-state index < -0.39 is 11.9 Å². The maximum Gasteiger partial charge on any atom is 0.335 e. The van der Waals surface area contributed by atoms with Crippen LogP contribution in [0.1, 0.15) is 103 Å². The van der Waals surface area contributed by atoms with Crippen molar-refractivity contribution in [3.8, 4) is 0 Å². The number of rotatable bonds is 18. The molecule has 0 aromatic rings. The number of carboxylic acids is 1. The van der Waals surface area contributed by atoms with Crippen molar-refractivity contribution in [3.05, 3.63) is 24.5 Å². The Labute approximate surface area is 159 Å². The topological polar surface area (TPSA) is 63.6 Å². The number of hydrogen-bond donors (Lipinski definition) is 1. The molecule has 26 heavy (non-hydrogen) atoms. The van der Waals surface area contributed by atoms with Gasteiger partial charge in [0.25, 0.3) is 0 Å². The lowest BCUT2D eigenvalue weighted by molar-refractivity contribution is -0.134. The van der Waals surface area contributed by atoms with Crippen LogP contribution in [0.2, 0.25) is 0 Å². The van der Waals surface area contributed by atoms with E-state index in [9.17, 15) is 9.59 Å². The van der Waals surface area contributed by atoms with Gasteiger partial charge in [0.1, 0.15) is 0 Å². The smallest absolute Gasteiger partial charge is 0.335 e. The summed E-state index contributed by atoms with van der Waals surface area (Å²) in [5.74, 6) is -1.82. The first kappa shape index (κ1) is 24.4. The highest BCUT2D eigenvalue weighted by Crippen LogP contribution is 2.13. The zero-order chi connectivity index (χ0) is 19.3. The molecular formula is C22H38O4. The monoisotopic (exact) mass is 366 g/mol. The third kappa shape index (κ3) is 20.5. The fraction of sp³-hybridized carbons (Fsp3) is 0.727. The van der Waals surface area contributed by atoms with E-state index in [2.05, 4.69) is 6.92 Å². The summed E-state index contributed by atoms with van der Waals surface area (Å²) in [5, 5.41) is 8.37. The molecule has 0 aliphatic rings. The molecule has 0 spiro atoms. The fourth-order valence-electron chi connectivity index (χ4n) is 2.82. The average molecular weight is 367 g/mol. The normalized spacial score (nSPS) is 11.4. The first-order valence-electron chi connectivity index (χ1n) is 10.4. The largest absolute Gasteiger partial charge is 0.478 e. The molecule has 4 nitrogen and oxygen atoms in total. The van der Waals surface area contributed by atoms with Crippen molar-refractivity contribution in [2.24, 2.45) is 0 Å². The van der Waals surface area contributed by atoms with Gasteiger partial charge in [-0.25, -0.2) is 9.59 Å². The summed E-state index contributed by atoms with van der Waals surface area (Å²) < 4.78 is 4.74. The van der Waals surface area contributed by atoms with E-state index in [1.807, 2.05) is 6.08 Å². The molecule has 0 unspecified atom stereocenters. The van der Waals surface area contributed by atoms with Gasteiger partial charge in [-0.2, -0.15) is 0 Å². The number of allylic oxidation sites excluding steroid dienone is 1. The predicted molar refractivity (Wildman–Crippen MR) is 107 cm³/mol. The second-order valence-electron chi connectivity index (χ2n) is 6.87. The Hall–Kier alpha value is -1.58. The fourth-order valence-corrected chi connectivity index (χ4v) is 2.82. The Morgan fingerprint density at radius 2 is 1.19 bits per heavy atom. The maximum atomic E-state index is 11.1. The van der Waals surface area contributed by atoms with E-state index in [4.69, 9.17) is 9.84 Å². The summed E-state index contributed by atoms with van der Waals surface area (Å²) in [5.41, 5.74) is 0. The Kier molecular flexibility index (Phi) is 18.5. The molecule has 0 heterocycles. The molecule has 0 atom stereocenters. The molecule has 4 heteroatoms. The second-order valence-corrected chi connectivity index (χ2v) is 6.87. The van der Waals surface area contributed by atoms with Crippen molar-refractivity contribution in [2.45, 2.75) is 103 Å². The minimum absolute atomic E-state index is 0.662. The molecule has 1 N–H and O–H groups in total. The molecule has 0 fully saturated rings. The van der Waals surface area contributed by atoms with Gasteiger partial charge in [0.15, 0.2) is 0 Å². The number of ether oxygens (including phenoxy) is 1. The number of carboxylic acid groups (broad SMARTS) is 1. The summed E-state index contributed by atoms with van der Waals surface area (Å²) in [6.45, 7) is 2.26. The minimum atomic E-state index is -1.16. The van der Waals surface area contributed by atoms with Gasteiger partial charge < -0.3 is 9.84 Å². The lowest BCUT2D eigenvalue weighted by Gasteiger charge is -2.02. The zero-order valence-electron chi connectivity index (χ0n) is 16.6. The molecule has 0 aliphatic heterocycles. The molecular weight excluding hydrogens is 328 g/mol. The molecule has 0 radical (unpaired) electrons. The third-order valence-corrected chi connectivity index (χ3v) is 4.37. The number of carbonyl (C=O) groups excluding carboxylic acids is 1. The molecule has 0 saturated heterocycles. The van der Waals surface area contributed by atoms with Gasteiger partial charge in [0.05, 0.1) is 6.26 Å². The lowest BCUT2D eigenvalue weighted by Crippen LogP contribution is -1.96.